The minimum Gasteiger partial charge on any atom is -0.444 e. The third-order valence-corrected chi connectivity index (χ3v) is 6.97. The summed E-state index contributed by atoms with van der Waals surface area (Å²) in [5.41, 5.74) is 1.57. The number of likely N-dealkylation sites (N-methyl/N-ethyl adjacent to an activating group) is 1. The van der Waals surface area contributed by atoms with Crippen molar-refractivity contribution in [2.45, 2.75) is 51.8 Å². The van der Waals surface area contributed by atoms with Gasteiger partial charge in [-0.1, -0.05) is 24.3 Å². The Morgan fingerprint density at radius 3 is 2.19 bits per heavy atom. The van der Waals surface area contributed by atoms with Gasteiger partial charge in [0.15, 0.2) is 0 Å². The molecule has 0 saturated carbocycles. The molecule has 0 aliphatic carbocycles. The number of rotatable bonds is 8. The molecular weight excluding hydrogens is 561 g/mol. The Balaban J connectivity index is 1.42. The standard InChI is InChI=1S/C31H37F3N6O3/c1-30(2,3)43-29(42)40-17-15-39(16-18-40)24-12-10-23(11-13-24)37-28-36-20-25(31(32,33)34)26(38-28)14-9-21-7-5-6-8-22(21)19-27(41)35-4/h5-8,10-13,20H,9,14-19H2,1-4H3,(H,35,41)(H,36,37,38). The van der Waals surface area contributed by atoms with Gasteiger partial charge in [0.2, 0.25) is 11.9 Å². The van der Waals surface area contributed by atoms with Crippen LogP contribution in [0.5, 0.6) is 0 Å². The lowest BCUT2D eigenvalue weighted by Gasteiger charge is -2.36. The van der Waals surface area contributed by atoms with Crippen molar-refractivity contribution in [3.63, 3.8) is 0 Å². The molecule has 1 aliphatic heterocycles. The summed E-state index contributed by atoms with van der Waals surface area (Å²) in [6, 6.07) is 14.6. The van der Waals surface area contributed by atoms with Gasteiger partial charge in [0, 0.05) is 50.8 Å². The van der Waals surface area contributed by atoms with Gasteiger partial charge in [0.05, 0.1) is 17.7 Å². The number of nitrogens with one attached hydrogen (secondary N) is 2. The molecule has 0 radical (unpaired) electrons. The quantitative estimate of drug-likeness (QED) is 0.360. The second-order valence-corrected chi connectivity index (χ2v) is 11.3. The molecule has 0 bridgehead atoms. The van der Waals surface area contributed by atoms with Crippen molar-refractivity contribution >= 4 is 29.3 Å². The zero-order valence-corrected chi connectivity index (χ0v) is 24.8. The number of halogens is 3. The van der Waals surface area contributed by atoms with Gasteiger partial charge in [-0.3, -0.25) is 4.79 Å². The number of benzene rings is 2. The van der Waals surface area contributed by atoms with Crippen LogP contribution in [0.3, 0.4) is 0 Å². The van der Waals surface area contributed by atoms with Crippen molar-refractivity contribution in [2.24, 2.45) is 0 Å². The van der Waals surface area contributed by atoms with Gasteiger partial charge in [0.25, 0.3) is 0 Å². The summed E-state index contributed by atoms with van der Waals surface area (Å²) in [7, 11) is 1.54. The predicted molar refractivity (Wildman–Crippen MR) is 158 cm³/mol. The van der Waals surface area contributed by atoms with Crippen LogP contribution in [0.1, 0.15) is 43.2 Å². The molecule has 0 spiro atoms. The molecule has 0 unspecified atom stereocenters. The van der Waals surface area contributed by atoms with Crippen LogP contribution in [0.2, 0.25) is 0 Å². The SMILES string of the molecule is CNC(=O)Cc1ccccc1CCc1nc(Nc2ccc(N3CCN(C(=O)OC(C)(C)C)CC3)cc2)ncc1C(F)(F)F. The first-order chi connectivity index (χ1) is 20.3. The monoisotopic (exact) mass is 598 g/mol. The van der Waals surface area contributed by atoms with Crippen LogP contribution >= 0.6 is 0 Å². The van der Waals surface area contributed by atoms with Crippen molar-refractivity contribution in [1.29, 1.82) is 0 Å². The summed E-state index contributed by atoms with van der Waals surface area (Å²) in [5, 5.41) is 5.58. The smallest absolute Gasteiger partial charge is 0.419 e. The third kappa shape index (κ3) is 8.82. The minimum absolute atomic E-state index is 0.0189. The molecule has 1 aromatic heterocycles. The van der Waals surface area contributed by atoms with Gasteiger partial charge in [-0.2, -0.15) is 13.2 Å². The lowest BCUT2D eigenvalue weighted by Crippen LogP contribution is -2.50. The van der Waals surface area contributed by atoms with E-state index >= 15 is 0 Å². The highest BCUT2D eigenvalue weighted by Crippen LogP contribution is 2.32. The molecule has 9 nitrogen and oxygen atoms in total. The Morgan fingerprint density at radius 1 is 0.930 bits per heavy atom. The fourth-order valence-electron chi connectivity index (χ4n) is 4.75. The maximum atomic E-state index is 13.8. The number of piperazine rings is 1. The molecule has 1 saturated heterocycles. The summed E-state index contributed by atoms with van der Waals surface area (Å²) in [5.74, 6) is -0.119. The molecule has 3 aromatic rings. The Bertz CT molecular complexity index is 1420. The van der Waals surface area contributed by atoms with E-state index in [-0.39, 0.29) is 42.9 Å². The number of ether oxygens (including phenoxy) is 1. The highest BCUT2D eigenvalue weighted by atomic mass is 19.4. The van der Waals surface area contributed by atoms with Gasteiger partial charge >= 0.3 is 12.3 Å². The Morgan fingerprint density at radius 2 is 1.58 bits per heavy atom. The molecule has 1 aliphatic rings. The molecule has 43 heavy (non-hydrogen) atoms. The fraction of sp³-hybridized carbons (Fsp3) is 0.419. The maximum absolute atomic E-state index is 13.8. The first-order valence-corrected chi connectivity index (χ1v) is 14.1. The number of hydrogen-bond donors (Lipinski definition) is 2. The van der Waals surface area contributed by atoms with Crippen LogP contribution in [-0.4, -0.2) is 65.7 Å². The fourth-order valence-corrected chi connectivity index (χ4v) is 4.75. The van der Waals surface area contributed by atoms with Crippen molar-refractivity contribution in [2.75, 3.05) is 43.4 Å². The van der Waals surface area contributed by atoms with Crippen LogP contribution in [0.4, 0.5) is 35.3 Å². The Labute approximate surface area is 249 Å². The summed E-state index contributed by atoms with van der Waals surface area (Å²) in [6.07, 6.45) is -3.68. The topological polar surface area (TPSA) is 99.7 Å². The molecule has 12 heteroatoms. The largest absolute Gasteiger partial charge is 0.444 e. The Kier molecular flexibility index (Phi) is 9.77. The van der Waals surface area contributed by atoms with Crippen molar-refractivity contribution in [3.05, 3.63) is 77.1 Å². The summed E-state index contributed by atoms with van der Waals surface area (Å²) in [6.45, 7) is 7.87. The van der Waals surface area contributed by atoms with Crippen molar-refractivity contribution in [1.82, 2.24) is 20.2 Å². The van der Waals surface area contributed by atoms with E-state index in [0.29, 0.717) is 31.9 Å². The predicted octanol–water partition coefficient (Wildman–Crippen LogP) is 5.37. The molecular formula is C31H37F3N6O3. The van der Waals surface area contributed by atoms with E-state index in [0.717, 1.165) is 23.0 Å². The van der Waals surface area contributed by atoms with E-state index in [2.05, 4.69) is 25.5 Å². The van der Waals surface area contributed by atoms with Gasteiger partial charge in [-0.15, -0.1) is 0 Å². The normalized spacial score (nSPS) is 13.9. The number of hydrogen-bond acceptors (Lipinski definition) is 7. The van der Waals surface area contributed by atoms with Crippen LogP contribution in [0.15, 0.2) is 54.7 Å². The van der Waals surface area contributed by atoms with E-state index < -0.39 is 17.3 Å². The van der Waals surface area contributed by atoms with E-state index in [1.54, 1.807) is 30.1 Å². The van der Waals surface area contributed by atoms with E-state index in [1.807, 2.05) is 51.1 Å². The average molecular weight is 599 g/mol. The van der Waals surface area contributed by atoms with Crippen LogP contribution < -0.4 is 15.5 Å². The highest BCUT2D eigenvalue weighted by Gasteiger charge is 2.35. The van der Waals surface area contributed by atoms with Crippen LogP contribution in [0, 0.1) is 0 Å². The number of aryl methyl sites for hydroxylation is 2. The van der Waals surface area contributed by atoms with Gasteiger partial charge < -0.3 is 25.2 Å². The van der Waals surface area contributed by atoms with Crippen molar-refractivity contribution in [3.8, 4) is 0 Å². The van der Waals surface area contributed by atoms with E-state index in [1.165, 1.54) is 0 Å². The molecule has 230 valence electrons. The van der Waals surface area contributed by atoms with Crippen LogP contribution in [0.25, 0.3) is 0 Å². The lowest BCUT2D eigenvalue weighted by molar-refractivity contribution is -0.138. The molecule has 2 heterocycles. The molecule has 4 rings (SSSR count). The number of carbonyl (C=O) groups excluding carboxylic acids is 2. The van der Waals surface area contributed by atoms with Gasteiger partial charge in [-0.25, -0.2) is 14.8 Å². The van der Waals surface area contributed by atoms with Crippen LogP contribution in [-0.2, 0) is 35.0 Å². The number of carbonyl (C=O) groups is 2. The summed E-state index contributed by atoms with van der Waals surface area (Å²) < 4.78 is 46.9. The zero-order valence-electron chi connectivity index (χ0n) is 24.8. The molecule has 1 fully saturated rings. The third-order valence-electron chi connectivity index (χ3n) is 6.97. The minimum atomic E-state index is -4.61. The Hall–Kier alpha value is -4.35. The highest BCUT2D eigenvalue weighted by molar-refractivity contribution is 5.78. The van der Waals surface area contributed by atoms with E-state index in [9.17, 15) is 22.8 Å². The number of anilines is 3. The molecule has 2 N–H and O–H groups in total. The zero-order chi connectivity index (χ0) is 31.2. The lowest BCUT2D eigenvalue weighted by atomic mass is 9.98. The van der Waals surface area contributed by atoms with E-state index in [4.69, 9.17) is 4.74 Å². The second-order valence-electron chi connectivity index (χ2n) is 11.3. The summed E-state index contributed by atoms with van der Waals surface area (Å²) in [4.78, 5) is 36.2. The molecule has 2 amide bonds. The molecule has 2 aromatic carbocycles. The number of aromatic nitrogens is 2. The summed E-state index contributed by atoms with van der Waals surface area (Å²) >= 11 is 0. The molecule has 0 atom stereocenters. The first kappa shape index (κ1) is 31.6. The number of alkyl halides is 3. The van der Waals surface area contributed by atoms with Crippen molar-refractivity contribution < 1.29 is 27.5 Å². The van der Waals surface area contributed by atoms with Gasteiger partial charge in [-0.05, 0) is 69.0 Å². The van der Waals surface area contributed by atoms with Gasteiger partial charge in [0.1, 0.15) is 5.60 Å². The second kappa shape index (κ2) is 13.3. The number of amides is 2. The maximum Gasteiger partial charge on any atom is 0.419 e. The average Bonchev–Trinajstić information content (AvgIpc) is 2.96. The number of nitrogens with zero attached hydrogens (tertiary/aromatic N) is 4. The first-order valence-electron chi connectivity index (χ1n) is 14.1.